The van der Waals surface area contributed by atoms with Crippen molar-refractivity contribution in [3.05, 3.63) is 35.4 Å². The van der Waals surface area contributed by atoms with Crippen LogP contribution in [0.2, 0.25) is 0 Å². The smallest absolute Gasteiger partial charge is 0.394 e. The van der Waals surface area contributed by atoms with Crippen molar-refractivity contribution in [2.24, 2.45) is 0 Å². The van der Waals surface area contributed by atoms with Gasteiger partial charge in [-0.1, -0.05) is 12.1 Å². The number of aliphatic hydroxyl groups is 1. The highest BCUT2D eigenvalue weighted by atomic mass is 19.4. The lowest BCUT2D eigenvalue weighted by atomic mass is 10.0. The zero-order chi connectivity index (χ0) is 13.9. The second kappa shape index (κ2) is 5.90. The van der Waals surface area contributed by atoms with Crippen LogP contribution in [0.1, 0.15) is 17.2 Å². The Hall–Kier alpha value is -1.11. The van der Waals surface area contributed by atoms with Crippen molar-refractivity contribution in [3.63, 3.8) is 0 Å². The largest absolute Gasteiger partial charge is 0.416 e. The van der Waals surface area contributed by atoms with Crippen LogP contribution in [0.15, 0.2) is 24.3 Å². The van der Waals surface area contributed by atoms with Gasteiger partial charge in [-0.3, -0.25) is 4.90 Å². The number of morpholine rings is 1. The van der Waals surface area contributed by atoms with Gasteiger partial charge in [0.15, 0.2) is 0 Å². The molecular formula is C13H16F3NO2. The molecule has 0 aromatic heterocycles. The third-order valence-corrected chi connectivity index (χ3v) is 3.28. The Morgan fingerprint density at radius 3 is 2.21 bits per heavy atom. The minimum absolute atomic E-state index is 0.120. The Morgan fingerprint density at radius 2 is 1.74 bits per heavy atom. The SMILES string of the molecule is OC[C@H](c1ccc(C(F)(F)F)cc1)N1CCOCC1. The Bertz CT molecular complexity index is 399. The average Bonchev–Trinajstić information content (AvgIpc) is 2.40. The molecule has 1 N–H and O–H groups in total. The summed E-state index contributed by atoms with van der Waals surface area (Å²) in [6, 6.07) is 4.70. The summed E-state index contributed by atoms with van der Waals surface area (Å²) in [5, 5.41) is 9.46. The van der Waals surface area contributed by atoms with E-state index in [4.69, 9.17) is 4.74 Å². The molecule has 106 valence electrons. The van der Waals surface area contributed by atoms with E-state index in [1.165, 1.54) is 12.1 Å². The first-order valence-corrected chi connectivity index (χ1v) is 6.12. The zero-order valence-corrected chi connectivity index (χ0v) is 10.4. The highest BCUT2D eigenvalue weighted by Gasteiger charge is 2.30. The second-order valence-corrected chi connectivity index (χ2v) is 4.47. The third kappa shape index (κ3) is 3.46. The van der Waals surface area contributed by atoms with Crippen LogP contribution in [0.25, 0.3) is 0 Å². The molecule has 2 rings (SSSR count). The van der Waals surface area contributed by atoms with Gasteiger partial charge in [0.25, 0.3) is 0 Å². The maximum Gasteiger partial charge on any atom is 0.416 e. The first-order chi connectivity index (χ1) is 9.02. The summed E-state index contributed by atoms with van der Waals surface area (Å²) < 4.78 is 42.7. The third-order valence-electron chi connectivity index (χ3n) is 3.28. The van der Waals surface area contributed by atoms with Crippen molar-refractivity contribution in [2.75, 3.05) is 32.9 Å². The first kappa shape index (κ1) is 14.3. The molecule has 6 heteroatoms. The molecule has 1 aliphatic heterocycles. The number of alkyl halides is 3. The number of hydrogen-bond donors (Lipinski definition) is 1. The molecule has 3 nitrogen and oxygen atoms in total. The molecule has 1 aliphatic rings. The van der Waals surface area contributed by atoms with E-state index in [0.717, 1.165) is 12.1 Å². The van der Waals surface area contributed by atoms with Crippen LogP contribution in [0.5, 0.6) is 0 Å². The van der Waals surface area contributed by atoms with Crippen molar-refractivity contribution in [1.82, 2.24) is 4.90 Å². The average molecular weight is 275 g/mol. The molecule has 19 heavy (non-hydrogen) atoms. The molecule has 1 heterocycles. The number of halogens is 3. The number of aliphatic hydroxyl groups excluding tert-OH is 1. The molecular weight excluding hydrogens is 259 g/mol. The van der Waals surface area contributed by atoms with Crippen LogP contribution in [-0.2, 0) is 10.9 Å². The lowest BCUT2D eigenvalue weighted by Crippen LogP contribution is -2.40. The van der Waals surface area contributed by atoms with Gasteiger partial charge in [0.05, 0.1) is 31.4 Å². The first-order valence-electron chi connectivity index (χ1n) is 6.12. The van der Waals surface area contributed by atoms with Crippen molar-refractivity contribution >= 4 is 0 Å². The highest BCUT2D eigenvalue weighted by molar-refractivity contribution is 5.27. The standard InChI is InChI=1S/C13H16F3NO2/c14-13(15,16)11-3-1-10(2-4-11)12(9-18)17-5-7-19-8-6-17/h1-4,12,18H,5-9H2/t12-/m1/s1. The second-order valence-electron chi connectivity index (χ2n) is 4.47. The monoisotopic (exact) mass is 275 g/mol. The normalized spacial score (nSPS) is 19.4. The van der Waals surface area contributed by atoms with E-state index in [0.29, 0.717) is 31.9 Å². The van der Waals surface area contributed by atoms with Crippen molar-refractivity contribution < 1.29 is 23.0 Å². The summed E-state index contributed by atoms with van der Waals surface area (Å²) in [5.41, 5.74) is 0.0207. The minimum atomic E-state index is -4.33. The maximum atomic E-state index is 12.5. The fraction of sp³-hybridized carbons (Fsp3) is 0.538. The molecule has 0 saturated carbocycles. The van der Waals surface area contributed by atoms with Crippen LogP contribution < -0.4 is 0 Å². The number of hydrogen-bond acceptors (Lipinski definition) is 3. The van der Waals surface area contributed by atoms with E-state index in [9.17, 15) is 18.3 Å². The molecule has 0 aliphatic carbocycles. The van der Waals surface area contributed by atoms with Crippen LogP contribution in [0.4, 0.5) is 13.2 Å². The van der Waals surface area contributed by atoms with E-state index in [1.54, 1.807) is 0 Å². The molecule has 1 saturated heterocycles. The summed E-state index contributed by atoms with van der Waals surface area (Å²) in [6.45, 7) is 2.39. The molecule has 1 atom stereocenters. The molecule has 0 unspecified atom stereocenters. The molecule has 1 aromatic rings. The van der Waals surface area contributed by atoms with Gasteiger partial charge in [0.2, 0.25) is 0 Å². The highest BCUT2D eigenvalue weighted by Crippen LogP contribution is 2.30. The van der Waals surface area contributed by atoms with E-state index >= 15 is 0 Å². The van der Waals surface area contributed by atoms with Gasteiger partial charge in [-0.25, -0.2) is 0 Å². The van der Waals surface area contributed by atoms with Crippen molar-refractivity contribution in [2.45, 2.75) is 12.2 Å². The minimum Gasteiger partial charge on any atom is -0.394 e. The number of benzene rings is 1. The summed E-state index contributed by atoms with van der Waals surface area (Å²) in [4.78, 5) is 2.02. The fourth-order valence-corrected chi connectivity index (χ4v) is 2.22. The van der Waals surface area contributed by atoms with Crippen molar-refractivity contribution in [1.29, 1.82) is 0 Å². The Labute approximate surface area is 109 Å². The van der Waals surface area contributed by atoms with Crippen LogP contribution >= 0.6 is 0 Å². The Morgan fingerprint density at radius 1 is 1.16 bits per heavy atom. The number of rotatable bonds is 3. The number of ether oxygens (including phenoxy) is 1. The molecule has 0 amide bonds. The zero-order valence-electron chi connectivity index (χ0n) is 10.4. The lowest BCUT2D eigenvalue weighted by Gasteiger charge is -2.33. The molecule has 1 aromatic carbocycles. The van der Waals surface area contributed by atoms with Gasteiger partial charge in [0, 0.05) is 13.1 Å². The van der Waals surface area contributed by atoms with Gasteiger partial charge in [-0.05, 0) is 17.7 Å². The van der Waals surface area contributed by atoms with Gasteiger partial charge < -0.3 is 9.84 Å². The summed E-state index contributed by atoms with van der Waals surface area (Å²) in [6.07, 6.45) is -4.33. The topological polar surface area (TPSA) is 32.7 Å². The molecule has 1 fully saturated rings. The van der Waals surface area contributed by atoms with Gasteiger partial charge >= 0.3 is 6.18 Å². The lowest BCUT2D eigenvalue weighted by molar-refractivity contribution is -0.137. The quantitative estimate of drug-likeness (QED) is 0.916. The van der Waals surface area contributed by atoms with Crippen LogP contribution in [-0.4, -0.2) is 42.9 Å². The van der Waals surface area contributed by atoms with Crippen molar-refractivity contribution in [3.8, 4) is 0 Å². The number of nitrogens with zero attached hydrogens (tertiary/aromatic N) is 1. The predicted molar refractivity (Wildman–Crippen MR) is 63.7 cm³/mol. The van der Waals surface area contributed by atoms with E-state index < -0.39 is 11.7 Å². The summed E-state index contributed by atoms with van der Waals surface area (Å²) in [7, 11) is 0. The summed E-state index contributed by atoms with van der Waals surface area (Å²) >= 11 is 0. The van der Waals surface area contributed by atoms with Crippen LogP contribution in [0, 0.1) is 0 Å². The van der Waals surface area contributed by atoms with Gasteiger partial charge in [0.1, 0.15) is 0 Å². The molecule has 0 spiro atoms. The van der Waals surface area contributed by atoms with E-state index in [2.05, 4.69) is 0 Å². The fourth-order valence-electron chi connectivity index (χ4n) is 2.22. The molecule has 0 radical (unpaired) electrons. The Kier molecular flexibility index (Phi) is 4.44. The van der Waals surface area contributed by atoms with Crippen LogP contribution in [0.3, 0.4) is 0 Å². The predicted octanol–water partition coefficient (Wildman–Crippen LogP) is 2.07. The van der Waals surface area contributed by atoms with E-state index in [1.807, 2.05) is 4.90 Å². The maximum absolute atomic E-state index is 12.5. The summed E-state index contributed by atoms with van der Waals surface area (Å²) in [5.74, 6) is 0. The Balaban J connectivity index is 2.14. The van der Waals surface area contributed by atoms with Gasteiger partial charge in [-0.15, -0.1) is 0 Å². The molecule has 0 bridgehead atoms. The van der Waals surface area contributed by atoms with Gasteiger partial charge in [-0.2, -0.15) is 13.2 Å². The van der Waals surface area contributed by atoms with E-state index in [-0.39, 0.29) is 12.6 Å².